The van der Waals surface area contributed by atoms with Crippen LogP contribution in [0.25, 0.3) is 0 Å². The Morgan fingerprint density at radius 1 is 1.15 bits per heavy atom. The third-order valence-electron chi connectivity index (χ3n) is 2.08. The first-order chi connectivity index (χ1) is 6.11. The fourth-order valence-corrected chi connectivity index (χ4v) is 1.26. The molecule has 1 rings (SSSR count). The van der Waals surface area contributed by atoms with E-state index in [-0.39, 0.29) is 0 Å². The zero-order chi connectivity index (χ0) is 10.0. The highest BCUT2D eigenvalue weighted by Crippen LogP contribution is 2.20. The molecule has 1 aliphatic rings. The van der Waals surface area contributed by atoms with Gasteiger partial charge in [0.1, 0.15) is 24.4 Å². The Labute approximate surface area is 75.3 Å². The molecule has 0 aromatic rings. The molecule has 5 atom stereocenters. The van der Waals surface area contributed by atoms with Crippen LogP contribution in [0.5, 0.6) is 0 Å². The highest BCUT2D eigenvalue weighted by Gasteiger charge is 2.43. The molecule has 0 aromatic carbocycles. The molecule has 0 aromatic heterocycles. The van der Waals surface area contributed by atoms with Crippen molar-refractivity contribution in [3.05, 3.63) is 0 Å². The minimum Gasteiger partial charge on any atom is -0.394 e. The highest BCUT2D eigenvalue weighted by atomic mass is 16.7. The Bertz CT molecular complexity index is 143. The Morgan fingerprint density at radius 3 is 2.23 bits per heavy atom. The number of hydrogen-bond donors (Lipinski definition) is 4. The molecule has 0 spiro atoms. The molecular weight excluding hydrogens is 180 g/mol. The number of ether oxygens (including phenoxy) is 2. The van der Waals surface area contributed by atoms with Gasteiger partial charge in [-0.2, -0.15) is 0 Å². The number of aliphatic hydroxyl groups is 4. The van der Waals surface area contributed by atoms with E-state index in [9.17, 15) is 15.3 Å². The first-order valence-corrected chi connectivity index (χ1v) is 3.95. The number of rotatable bonds is 2. The molecule has 1 unspecified atom stereocenters. The third-order valence-corrected chi connectivity index (χ3v) is 2.08. The molecule has 6 nitrogen and oxygen atoms in total. The maximum atomic E-state index is 9.28. The summed E-state index contributed by atoms with van der Waals surface area (Å²) in [6.07, 6.45) is -5.91. The zero-order valence-corrected chi connectivity index (χ0v) is 7.20. The van der Waals surface area contributed by atoms with E-state index in [1.54, 1.807) is 0 Å². The van der Waals surface area contributed by atoms with Crippen LogP contribution in [0.4, 0.5) is 0 Å². The van der Waals surface area contributed by atoms with Crippen molar-refractivity contribution in [1.82, 2.24) is 0 Å². The Morgan fingerprint density at radius 2 is 1.77 bits per heavy atom. The summed E-state index contributed by atoms with van der Waals surface area (Å²) in [6, 6.07) is 0. The number of methoxy groups -OCH3 is 1. The third kappa shape index (κ3) is 1.98. The predicted molar refractivity (Wildman–Crippen MR) is 40.8 cm³/mol. The summed E-state index contributed by atoms with van der Waals surface area (Å²) < 4.78 is 9.65. The molecule has 0 saturated carbocycles. The van der Waals surface area contributed by atoms with Crippen LogP contribution in [0, 0.1) is 0 Å². The summed E-state index contributed by atoms with van der Waals surface area (Å²) in [4.78, 5) is 0. The SMILES string of the molecule is COC1O[C@@H](CO)[C@@H](O)[C@@H](O)[C@H]1O. The molecule has 1 heterocycles. The summed E-state index contributed by atoms with van der Waals surface area (Å²) in [5, 5.41) is 36.6. The van der Waals surface area contributed by atoms with Crippen molar-refractivity contribution < 1.29 is 29.9 Å². The maximum Gasteiger partial charge on any atom is 0.186 e. The molecule has 4 N–H and O–H groups in total. The monoisotopic (exact) mass is 194 g/mol. The van der Waals surface area contributed by atoms with Gasteiger partial charge >= 0.3 is 0 Å². The lowest BCUT2D eigenvalue weighted by molar-refractivity contribution is -0.294. The second-order valence-corrected chi connectivity index (χ2v) is 2.93. The van der Waals surface area contributed by atoms with Gasteiger partial charge in [-0.15, -0.1) is 0 Å². The Hall–Kier alpha value is -0.240. The molecule has 0 aliphatic carbocycles. The van der Waals surface area contributed by atoms with Gasteiger partial charge in [0.2, 0.25) is 0 Å². The van der Waals surface area contributed by atoms with Gasteiger partial charge in [-0.05, 0) is 0 Å². The number of aliphatic hydroxyl groups excluding tert-OH is 4. The maximum absolute atomic E-state index is 9.28. The lowest BCUT2D eigenvalue weighted by Gasteiger charge is -2.38. The summed E-state index contributed by atoms with van der Waals surface area (Å²) in [5.41, 5.74) is 0. The van der Waals surface area contributed by atoms with E-state index in [0.29, 0.717) is 0 Å². The molecule has 1 fully saturated rings. The average Bonchev–Trinajstić information content (AvgIpc) is 2.15. The van der Waals surface area contributed by atoms with Crippen molar-refractivity contribution in [1.29, 1.82) is 0 Å². The fraction of sp³-hybridized carbons (Fsp3) is 1.00. The Kier molecular flexibility index (Phi) is 3.60. The van der Waals surface area contributed by atoms with Crippen LogP contribution < -0.4 is 0 Å². The van der Waals surface area contributed by atoms with Gasteiger partial charge < -0.3 is 29.9 Å². The van der Waals surface area contributed by atoms with Gasteiger partial charge in [-0.25, -0.2) is 0 Å². The van der Waals surface area contributed by atoms with Crippen molar-refractivity contribution in [2.75, 3.05) is 13.7 Å². The van der Waals surface area contributed by atoms with Crippen LogP contribution in [0.3, 0.4) is 0 Å². The second kappa shape index (κ2) is 4.32. The van der Waals surface area contributed by atoms with Gasteiger partial charge in [0, 0.05) is 7.11 Å². The smallest absolute Gasteiger partial charge is 0.186 e. The second-order valence-electron chi connectivity index (χ2n) is 2.93. The van der Waals surface area contributed by atoms with Gasteiger partial charge in [0.05, 0.1) is 6.61 Å². The molecular formula is C7H14O6. The van der Waals surface area contributed by atoms with Gasteiger partial charge in [0.25, 0.3) is 0 Å². The zero-order valence-electron chi connectivity index (χ0n) is 7.20. The van der Waals surface area contributed by atoms with Crippen LogP contribution in [0.15, 0.2) is 0 Å². The molecule has 1 saturated heterocycles. The molecule has 0 radical (unpaired) electrons. The van der Waals surface area contributed by atoms with Crippen molar-refractivity contribution in [3.8, 4) is 0 Å². The highest BCUT2D eigenvalue weighted by molar-refractivity contribution is 4.88. The Balaban J connectivity index is 2.66. The lowest BCUT2D eigenvalue weighted by Crippen LogP contribution is -2.58. The van der Waals surface area contributed by atoms with Crippen LogP contribution in [0.2, 0.25) is 0 Å². The molecule has 0 bridgehead atoms. The first-order valence-electron chi connectivity index (χ1n) is 3.95. The summed E-state index contributed by atoms with van der Waals surface area (Å²) in [6.45, 7) is -0.440. The van der Waals surface area contributed by atoms with Crippen molar-refractivity contribution in [3.63, 3.8) is 0 Å². The standard InChI is InChI=1S/C7H14O6/c1-12-7-6(11)5(10)4(9)3(2-8)13-7/h3-11H,2H2,1H3/t3-,4+,5+,6+,7?/m0/s1. The van der Waals surface area contributed by atoms with E-state index in [4.69, 9.17) is 14.6 Å². The largest absolute Gasteiger partial charge is 0.394 e. The average molecular weight is 194 g/mol. The van der Waals surface area contributed by atoms with E-state index in [1.165, 1.54) is 7.11 Å². The number of hydrogen-bond acceptors (Lipinski definition) is 6. The minimum atomic E-state index is -1.36. The molecule has 0 amide bonds. The van der Waals surface area contributed by atoms with E-state index in [0.717, 1.165) is 0 Å². The van der Waals surface area contributed by atoms with E-state index >= 15 is 0 Å². The summed E-state index contributed by atoms with van der Waals surface area (Å²) >= 11 is 0. The van der Waals surface area contributed by atoms with Crippen molar-refractivity contribution in [2.24, 2.45) is 0 Å². The summed E-state index contributed by atoms with van der Waals surface area (Å²) in [5.74, 6) is 0. The van der Waals surface area contributed by atoms with Gasteiger partial charge in [-0.1, -0.05) is 0 Å². The van der Waals surface area contributed by atoms with Gasteiger partial charge in [0.15, 0.2) is 6.29 Å². The molecule has 6 heteroatoms. The van der Waals surface area contributed by atoms with E-state index in [2.05, 4.69) is 0 Å². The van der Waals surface area contributed by atoms with Crippen LogP contribution in [-0.4, -0.2) is 64.8 Å². The van der Waals surface area contributed by atoms with Crippen LogP contribution in [0.1, 0.15) is 0 Å². The van der Waals surface area contributed by atoms with Crippen LogP contribution in [-0.2, 0) is 9.47 Å². The summed E-state index contributed by atoms with van der Waals surface area (Å²) in [7, 11) is 1.30. The molecule has 78 valence electrons. The fourth-order valence-electron chi connectivity index (χ4n) is 1.26. The van der Waals surface area contributed by atoms with Crippen molar-refractivity contribution >= 4 is 0 Å². The van der Waals surface area contributed by atoms with Crippen LogP contribution >= 0.6 is 0 Å². The topological polar surface area (TPSA) is 99.4 Å². The van der Waals surface area contributed by atoms with Gasteiger partial charge in [-0.3, -0.25) is 0 Å². The first kappa shape index (κ1) is 10.8. The quantitative estimate of drug-likeness (QED) is 0.386. The lowest BCUT2D eigenvalue weighted by atomic mass is 9.99. The van der Waals surface area contributed by atoms with Crippen molar-refractivity contribution in [2.45, 2.75) is 30.7 Å². The molecule has 1 aliphatic heterocycles. The van der Waals surface area contributed by atoms with E-state index in [1.807, 2.05) is 0 Å². The molecule has 13 heavy (non-hydrogen) atoms. The van der Waals surface area contributed by atoms with E-state index < -0.39 is 37.3 Å². The normalized spacial score (nSPS) is 46.4. The predicted octanol–water partition coefficient (Wildman–Crippen LogP) is -2.57. The minimum absolute atomic E-state index is 0.440.